The third kappa shape index (κ3) is 2.79. The summed E-state index contributed by atoms with van der Waals surface area (Å²) in [7, 11) is 1.92. The van der Waals surface area contributed by atoms with Crippen LogP contribution in [0.4, 0.5) is 0 Å². The molecule has 7 heteroatoms. The number of aryl methyl sites for hydroxylation is 3. The van der Waals surface area contributed by atoms with Crippen LogP contribution >= 0.6 is 15.9 Å². The largest absolute Gasteiger partial charge is 0.271 e. The van der Waals surface area contributed by atoms with E-state index in [1.165, 1.54) is 0 Å². The second-order valence-corrected chi connectivity index (χ2v) is 5.47. The van der Waals surface area contributed by atoms with E-state index in [0.29, 0.717) is 0 Å². The zero-order chi connectivity index (χ0) is 14.7. The maximum Gasteiger partial charge on any atom is 0.0766 e. The number of halogens is 1. The van der Waals surface area contributed by atoms with E-state index in [0.717, 1.165) is 40.9 Å². The Balaban J connectivity index is 2.32. The summed E-state index contributed by atoms with van der Waals surface area (Å²) in [5, 5.41) is 8.82. The van der Waals surface area contributed by atoms with Crippen molar-refractivity contribution in [2.75, 3.05) is 0 Å². The van der Waals surface area contributed by atoms with Crippen molar-refractivity contribution in [3.8, 4) is 0 Å². The lowest BCUT2D eigenvalue weighted by Gasteiger charge is -2.17. The fourth-order valence-corrected chi connectivity index (χ4v) is 3.11. The minimum absolute atomic E-state index is 0.00510. The fraction of sp³-hybridized carbons (Fsp3) is 0.538. The molecule has 0 fully saturated rings. The highest BCUT2D eigenvalue weighted by molar-refractivity contribution is 9.10. The smallest absolute Gasteiger partial charge is 0.0766 e. The molecule has 2 aromatic rings. The van der Waals surface area contributed by atoms with Crippen molar-refractivity contribution < 1.29 is 0 Å². The molecular weight excluding hydrogens is 320 g/mol. The molecule has 0 bridgehead atoms. The van der Waals surface area contributed by atoms with E-state index >= 15 is 0 Å². The van der Waals surface area contributed by atoms with E-state index in [4.69, 9.17) is 5.84 Å². The highest BCUT2D eigenvalue weighted by atomic mass is 79.9. The normalized spacial score (nSPS) is 12.8. The Morgan fingerprint density at radius 1 is 1.45 bits per heavy atom. The molecule has 2 rings (SSSR count). The molecule has 6 nitrogen and oxygen atoms in total. The lowest BCUT2D eigenvalue weighted by atomic mass is 10.1. The Kier molecular flexibility index (Phi) is 4.95. The summed E-state index contributed by atoms with van der Waals surface area (Å²) in [4.78, 5) is 0. The van der Waals surface area contributed by atoms with Gasteiger partial charge in [-0.25, -0.2) is 0 Å². The molecule has 1 unspecified atom stereocenters. The first kappa shape index (κ1) is 15.2. The van der Waals surface area contributed by atoms with Crippen molar-refractivity contribution >= 4 is 15.9 Å². The van der Waals surface area contributed by atoms with Crippen LogP contribution in [0.15, 0.2) is 16.7 Å². The van der Waals surface area contributed by atoms with Gasteiger partial charge in [-0.15, -0.1) is 0 Å². The molecule has 3 N–H and O–H groups in total. The quantitative estimate of drug-likeness (QED) is 0.620. The van der Waals surface area contributed by atoms with Gasteiger partial charge in [-0.1, -0.05) is 6.92 Å². The molecule has 0 aliphatic rings. The number of hydrogen-bond donors (Lipinski definition) is 2. The van der Waals surface area contributed by atoms with Gasteiger partial charge >= 0.3 is 0 Å². The number of nitrogens with zero attached hydrogens (tertiary/aromatic N) is 4. The predicted octanol–water partition coefficient (Wildman–Crippen LogP) is 1.71. The van der Waals surface area contributed by atoms with Crippen molar-refractivity contribution in [2.24, 2.45) is 12.9 Å². The molecule has 0 saturated carbocycles. The van der Waals surface area contributed by atoms with Crippen LogP contribution in [-0.2, 0) is 26.4 Å². The van der Waals surface area contributed by atoms with Crippen molar-refractivity contribution in [1.82, 2.24) is 25.0 Å². The first-order valence-electron chi connectivity index (χ1n) is 6.80. The van der Waals surface area contributed by atoms with E-state index < -0.39 is 0 Å². The minimum atomic E-state index is 0.00510. The van der Waals surface area contributed by atoms with Gasteiger partial charge in [-0.05, 0) is 35.3 Å². The summed E-state index contributed by atoms with van der Waals surface area (Å²) in [6.45, 7) is 5.05. The number of hydrazine groups is 1. The highest BCUT2D eigenvalue weighted by Crippen LogP contribution is 2.26. The molecule has 0 aliphatic heterocycles. The van der Waals surface area contributed by atoms with Gasteiger partial charge in [-0.3, -0.25) is 20.6 Å². The Labute approximate surface area is 127 Å². The molecule has 0 aliphatic carbocycles. The van der Waals surface area contributed by atoms with Crippen molar-refractivity contribution in [2.45, 2.75) is 39.3 Å². The summed E-state index contributed by atoms with van der Waals surface area (Å²) in [6.07, 6.45) is 3.45. The van der Waals surface area contributed by atoms with Crippen LogP contribution in [0, 0.1) is 0 Å². The monoisotopic (exact) mass is 340 g/mol. The van der Waals surface area contributed by atoms with Crippen LogP contribution in [-0.4, -0.2) is 19.6 Å². The zero-order valence-electron chi connectivity index (χ0n) is 12.1. The molecule has 1 atom stereocenters. The van der Waals surface area contributed by atoms with Crippen molar-refractivity contribution in [3.05, 3.63) is 33.8 Å². The summed E-state index contributed by atoms with van der Waals surface area (Å²) in [6, 6.07) is 1.98. The second kappa shape index (κ2) is 6.51. The van der Waals surface area contributed by atoms with Crippen LogP contribution in [0.2, 0.25) is 0 Å². The molecule has 0 amide bonds. The molecule has 0 radical (unpaired) electrons. The van der Waals surface area contributed by atoms with Crippen molar-refractivity contribution in [1.29, 1.82) is 0 Å². The van der Waals surface area contributed by atoms with E-state index in [9.17, 15) is 0 Å². The first-order chi connectivity index (χ1) is 9.62. The van der Waals surface area contributed by atoms with Gasteiger partial charge in [0.05, 0.1) is 27.6 Å². The molecule has 110 valence electrons. The van der Waals surface area contributed by atoms with Crippen molar-refractivity contribution in [3.63, 3.8) is 0 Å². The van der Waals surface area contributed by atoms with E-state index in [1.54, 1.807) is 6.20 Å². The predicted molar refractivity (Wildman–Crippen MR) is 82.0 cm³/mol. The number of nitrogens with one attached hydrogen (secondary N) is 1. The Morgan fingerprint density at radius 2 is 2.20 bits per heavy atom. The first-order valence-corrected chi connectivity index (χ1v) is 7.59. The maximum atomic E-state index is 5.73. The van der Waals surface area contributed by atoms with Gasteiger partial charge in [0.1, 0.15) is 0 Å². The summed E-state index contributed by atoms with van der Waals surface area (Å²) in [5.41, 5.74) is 6.18. The van der Waals surface area contributed by atoms with Crippen LogP contribution in [0.5, 0.6) is 0 Å². The number of hydrogen-bond acceptors (Lipinski definition) is 4. The molecule has 0 spiro atoms. The van der Waals surface area contributed by atoms with Gasteiger partial charge < -0.3 is 0 Å². The van der Waals surface area contributed by atoms with E-state index in [-0.39, 0.29) is 6.04 Å². The van der Waals surface area contributed by atoms with Gasteiger partial charge in [-0.2, -0.15) is 10.2 Å². The topological polar surface area (TPSA) is 73.7 Å². The molecule has 0 saturated heterocycles. The summed E-state index contributed by atoms with van der Waals surface area (Å²) in [5.74, 6) is 5.73. The van der Waals surface area contributed by atoms with Gasteiger partial charge in [0, 0.05) is 26.2 Å². The molecule has 2 heterocycles. The standard InChI is InChI=1S/C13H21BrN6/c1-4-9-13(14)12(20(5-2)18-9)8-10(17-15)11-6-7-16-19(11)3/h6-7,10,17H,4-5,8,15H2,1-3H3. The van der Waals surface area contributed by atoms with Gasteiger partial charge in [0.15, 0.2) is 0 Å². The van der Waals surface area contributed by atoms with E-state index in [1.807, 2.05) is 22.5 Å². The second-order valence-electron chi connectivity index (χ2n) is 4.68. The maximum absolute atomic E-state index is 5.73. The van der Waals surface area contributed by atoms with Crippen LogP contribution in [0.25, 0.3) is 0 Å². The lowest BCUT2D eigenvalue weighted by molar-refractivity contribution is 0.485. The average molecular weight is 341 g/mol. The average Bonchev–Trinajstić information content (AvgIpc) is 3.00. The SMILES string of the molecule is CCc1nn(CC)c(CC(NN)c2ccnn2C)c1Br. The molecule has 2 aromatic heterocycles. The number of rotatable bonds is 6. The summed E-state index contributed by atoms with van der Waals surface area (Å²) >= 11 is 3.67. The lowest BCUT2D eigenvalue weighted by Crippen LogP contribution is -2.31. The molecular formula is C13H21BrN6. The third-order valence-corrected chi connectivity index (χ3v) is 4.42. The zero-order valence-corrected chi connectivity index (χ0v) is 13.7. The summed E-state index contributed by atoms with van der Waals surface area (Å²) < 4.78 is 4.96. The highest BCUT2D eigenvalue weighted by Gasteiger charge is 2.20. The van der Waals surface area contributed by atoms with Gasteiger partial charge in [0.25, 0.3) is 0 Å². The Bertz CT molecular complexity index is 573. The molecule has 0 aromatic carbocycles. The van der Waals surface area contributed by atoms with Gasteiger partial charge in [0.2, 0.25) is 0 Å². The minimum Gasteiger partial charge on any atom is -0.271 e. The molecule has 20 heavy (non-hydrogen) atoms. The van der Waals surface area contributed by atoms with Crippen LogP contribution in [0.3, 0.4) is 0 Å². The fourth-order valence-electron chi connectivity index (χ4n) is 2.38. The number of nitrogens with two attached hydrogens (primary N) is 1. The Hall–Kier alpha value is -1.18. The van der Waals surface area contributed by atoms with Crippen LogP contribution in [0.1, 0.15) is 37.0 Å². The number of aromatic nitrogens is 4. The third-order valence-electron chi connectivity index (χ3n) is 3.51. The Morgan fingerprint density at radius 3 is 2.70 bits per heavy atom. The van der Waals surface area contributed by atoms with E-state index in [2.05, 4.69) is 45.4 Å². The van der Waals surface area contributed by atoms with Crippen LogP contribution < -0.4 is 11.3 Å².